The van der Waals surface area contributed by atoms with Gasteiger partial charge in [-0.3, -0.25) is 0 Å². The molecule has 0 radical (unpaired) electrons. The third-order valence-electron chi connectivity index (χ3n) is 5.71. The normalized spacial score (nSPS) is 11.7. The SMILES string of the molecule is Cc1noc(NS(=O)(=O)c2ccccc2-c2ccc(Cn3cnc4ccccc43)cc2)c1C. The average Bonchev–Trinajstić information content (AvgIpc) is 3.38. The van der Waals surface area contributed by atoms with Gasteiger partial charge in [0, 0.05) is 17.7 Å². The first kappa shape index (κ1) is 21.0. The third-order valence-corrected chi connectivity index (χ3v) is 7.10. The molecule has 0 unspecified atom stereocenters. The fourth-order valence-corrected chi connectivity index (χ4v) is 5.03. The van der Waals surface area contributed by atoms with Crippen LogP contribution in [0.1, 0.15) is 16.8 Å². The number of para-hydroxylation sites is 2. The van der Waals surface area contributed by atoms with Gasteiger partial charge in [-0.1, -0.05) is 59.8 Å². The lowest BCUT2D eigenvalue weighted by molar-refractivity contribution is 0.430. The van der Waals surface area contributed by atoms with Gasteiger partial charge in [-0.25, -0.2) is 18.1 Å². The molecule has 166 valence electrons. The van der Waals surface area contributed by atoms with E-state index in [2.05, 4.69) is 19.4 Å². The van der Waals surface area contributed by atoms with Crippen molar-refractivity contribution < 1.29 is 12.9 Å². The van der Waals surface area contributed by atoms with Crippen LogP contribution in [0, 0.1) is 13.8 Å². The second-order valence-corrected chi connectivity index (χ2v) is 9.53. The largest absolute Gasteiger partial charge is 0.337 e. The van der Waals surface area contributed by atoms with Crippen molar-refractivity contribution in [2.75, 3.05) is 4.72 Å². The Morgan fingerprint density at radius 2 is 1.67 bits per heavy atom. The number of hydrogen-bond donors (Lipinski definition) is 1. The van der Waals surface area contributed by atoms with E-state index in [0.717, 1.165) is 22.2 Å². The summed E-state index contributed by atoms with van der Waals surface area (Å²) in [5.41, 5.74) is 5.84. The number of nitrogens with one attached hydrogen (secondary N) is 1. The Balaban J connectivity index is 1.44. The molecular formula is C25H22N4O3S. The maximum absolute atomic E-state index is 13.2. The quantitative estimate of drug-likeness (QED) is 0.380. The van der Waals surface area contributed by atoms with Crippen LogP contribution in [0.4, 0.5) is 5.88 Å². The maximum atomic E-state index is 13.2. The zero-order valence-electron chi connectivity index (χ0n) is 18.2. The van der Waals surface area contributed by atoms with Crippen LogP contribution in [-0.2, 0) is 16.6 Å². The monoisotopic (exact) mass is 458 g/mol. The van der Waals surface area contributed by atoms with Gasteiger partial charge in [0.2, 0.25) is 5.88 Å². The molecule has 0 atom stereocenters. The lowest BCUT2D eigenvalue weighted by Gasteiger charge is -2.12. The molecule has 0 aliphatic rings. The summed E-state index contributed by atoms with van der Waals surface area (Å²) < 4.78 is 36.1. The number of nitrogens with zero attached hydrogens (tertiary/aromatic N) is 3. The molecule has 1 N–H and O–H groups in total. The van der Waals surface area contributed by atoms with Crippen LogP contribution in [0.25, 0.3) is 22.2 Å². The molecule has 0 aliphatic heterocycles. The first-order chi connectivity index (χ1) is 15.9. The van der Waals surface area contributed by atoms with Gasteiger partial charge in [0.1, 0.15) is 0 Å². The fourth-order valence-electron chi connectivity index (χ4n) is 3.75. The average molecular weight is 459 g/mol. The molecule has 0 bridgehead atoms. The number of fused-ring (bicyclic) bond motifs is 1. The predicted octanol–water partition coefficient (Wildman–Crippen LogP) is 5.16. The highest BCUT2D eigenvalue weighted by atomic mass is 32.2. The minimum absolute atomic E-state index is 0.130. The number of rotatable bonds is 6. The summed E-state index contributed by atoms with van der Waals surface area (Å²) in [6.07, 6.45) is 1.83. The van der Waals surface area contributed by atoms with Gasteiger partial charge in [-0.15, -0.1) is 0 Å². The number of imidazole rings is 1. The van der Waals surface area contributed by atoms with E-state index < -0.39 is 10.0 Å². The van der Waals surface area contributed by atoms with E-state index in [1.807, 2.05) is 60.9 Å². The zero-order valence-corrected chi connectivity index (χ0v) is 19.0. The Bertz CT molecular complexity index is 1550. The van der Waals surface area contributed by atoms with E-state index in [4.69, 9.17) is 4.52 Å². The molecule has 0 saturated carbocycles. The summed E-state index contributed by atoms with van der Waals surface area (Å²) in [4.78, 5) is 4.61. The van der Waals surface area contributed by atoms with Crippen molar-refractivity contribution in [1.82, 2.24) is 14.7 Å². The number of anilines is 1. The highest BCUT2D eigenvalue weighted by molar-refractivity contribution is 7.92. The smallest absolute Gasteiger partial charge is 0.264 e. The molecule has 2 aromatic heterocycles. The highest BCUT2D eigenvalue weighted by Crippen LogP contribution is 2.30. The van der Waals surface area contributed by atoms with Crippen molar-refractivity contribution in [3.8, 4) is 11.1 Å². The standard InChI is InChI=1S/C25H22N4O3S/c1-17-18(2)27-32-25(17)28-33(30,31)24-10-6-3-7-21(24)20-13-11-19(12-14-20)15-29-16-26-22-8-4-5-9-23(22)29/h3-14,16,28H,15H2,1-2H3. The van der Waals surface area contributed by atoms with Crippen molar-refractivity contribution in [3.63, 3.8) is 0 Å². The molecule has 3 aromatic carbocycles. The van der Waals surface area contributed by atoms with Crippen LogP contribution in [0.2, 0.25) is 0 Å². The number of hydrogen-bond acceptors (Lipinski definition) is 5. The number of benzene rings is 3. The zero-order chi connectivity index (χ0) is 23.0. The molecule has 0 amide bonds. The van der Waals surface area contributed by atoms with Crippen molar-refractivity contribution in [2.24, 2.45) is 0 Å². The molecule has 33 heavy (non-hydrogen) atoms. The molecule has 0 spiro atoms. The van der Waals surface area contributed by atoms with Crippen molar-refractivity contribution in [3.05, 3.63) is 95.9 Å². The van der Waals surface area contributed by atoms with Gasteiger partial charge in [0.05, 0.1) is 28.0 Å². The maximum Gasteiger partial charge on any atom is 0.264 e. The summed E-state index contributed by atoms with van der Waals surface area (Å²) in [6, 6.07) is 22.8. The predicted molar refractivity (Wildman–Crippen MR) is 127 cm³/mol. The Morgan fingerprint density at radius 3 is 2.42 bits per heavy atom. The van der Waals surface area contributed by atoms with Crippen LogP contribution in [0.3, 0.4) is 0 Å². The van der Waals surface area contributed by atoms with Crippen molar-refractivity contribution in [1.29, 1.82) is 0 Å². The summed E-state index contributed by atoms with van der Waals surface area (Å²) >= 11 is 0. The summed E-state index contributed by atoms with van der Waals surface area (Å²) in [7, 11) is -3.87. The van der Waals surface area contributed by atoms with Crippen LogP contribution in [0.15, 0.2) is 88.5 Å². The minimum Gasteiger partial charge on any atom is -0.337 e. The summed E-state index contributed by atoms with van der Waals surface area (Å²) in [5.74, 6) is 0.130. The van der Waals surface area contributed by atoms with E-state index in [-0.39, 0.29) is 10.8 Å². The fraction of sp³-hybridized carbons (Fsp3) is 0.120. The van der Waals surface area contributed by atoms with E-state index in [9.17, 15) is 8.42 Å². The third kappa shape index (κ3) is 4.01. The first-order valence-corrected chi connectivity index (χ1v) is 11.9. The van der Waals surface area contributed by atoms with Crippen LogP contribution >= 0.6 is 0 Å². The molecule has 2 heterocycles. The summed E-state index contributed by atoms with van der Waals surface area (Å²) in [6.45, 7) is 4.20. The van der Waals surface area contributed by atoms with E-state index >= 15 is 0 Å². The van der Waals surface area contributed by atoms with Gasteiger partial charge in [0.15, 0.2) is 0 Å². The van der Waals surface area contributed by atoms with E-state index in [1.165, 1.54) is 0 Å². The van der Waals surface area contributed by atoms with Gasteiger partial charge in [-0.05, 0) is 43.2 Å². The lowest BCUT2D eigenvalue weighted by Crippen LogP contribution is -2.14. The van der Waals surface area contributed by atoms with Crippen LogP contribution < -0.4 is 4.72 Å². The van der Waals surface area contributed by atoms with E-state index in [1.54, 1.807) is 32.0 Å². The second-order valence-electron chi connectivity index (χ2n) is 7.88. The number of aromatic nitrogens is 3. The van der Waals surface area contributed by atoms with Crippen molar-refractivity contribution >= 4 is 26.9 Å². The van der Waals surface area contributed by atoms with Crippen LogP contribution in [0.5, 0.6) is 0 Å². The lowest BCUT2D eigenvalue weighted by atomic mass is 10.0. The van der Waals surface area contributed by atoms with Crippen molar-refractivity contribution in [2.45, 2.75) is 25.3 Å². The molecule has 5 aromatic rings. The Kier molecular flexibility index (Phi) is 5.22. The molecule has 0 saturated heterocycles. The molecule has 0 aliphatic carbocycles. The van der Waals surface area contributed by atoms with Gasteiger partial charge in [-0.2, -0.15) is 0 Å². The highest BCUT2D eigenvalue weighted by Gasteiger charge is 2.22. The minimum atomic E-state index is -3.87. The van der Waals surface area contributed by atoms with Gasteiger partial charge < -0.3 is 9.09 Å². The molecule has 8 heteroatoms. The van der Waals surface area contributed by atoms with E-state index in [0.29, 0.717) is 23.4 Å². The molecule has 5 rings (SSSR count). The summed E-state index contributed by atoms with van der Waals surface area (Å²) in [5, 5.41) is 3.83. The molecule has 7 nitrogen and oxygen atoms in total. The Morgan fingerprint density at radius 1 is 0.939 bits per heavy atom. The van der Waals surface area contributed by atoms with Crippen LogP contribution in [-0.4, -0.2) is 23.1 Å². The first-order valence-electron chi connectivity index (χ1n) is 10.5. The Labute approximate surface area is 191 Å². The topological polar surface area (TPSA) is 90.0 Å². The second kappa shape index (κ2) is 8.22. The molecule has 0 fully saturated rings. The van der Waals surface area contributed by atoms with Gasteiger partial charge >= 0.3 is 0 Å². The number of sulfonamides is 1. The molecular weight excluding hydrogens is 436 g/mol. The Hall–Kier alpha value is -3.91. The van der Waals surface area contributed by atoms with Gasteiger partial charge in [0.25, 0.3) is 10.0 Å². The number of aryl methyl sites for hydroxylation is 1.